The van der Waals surface area contributed by atoms with Crippen molar-refractivity contribution in [2.24, 2.45) is 0 Å². The monoisotopic (exact) mass is 255 g/mol. The van der Waals surface area contributed by atoms with E-state index in [1.807, 2.05) is 25.1 Å². The van der Waals surface area contributed by atoms with Crippen LogP contribution in [-0.2, 0) is 4.74 Å². The van der Waals surface area contributed by atoms with Gasteiger partial charge in [0.05, 0.1) is 6.04 Å². The lowest BCUT2D eigenvalue weighted by Crippen LogP contribution is -2.18. The first-order chi connectivity index (χ1) is 6.66. The van der Waals surface area contributed by atoms with Gasteiger partial charge in [0.15, 0.2) is 0 Å². The molecule has 0 aliphatic carbocycles. The Balaban J connectivity index is 2.28. The molecule has 4 heteroatoms. The molecular weight excluding hydrogens is 246 g/mol. The van der Waals surface area contributed by atoms with Gasteiger partial charge in [-0.3, -0.25) is 0 Å². The van der Waals surface area contributed by atoms with Gasteiger partial charge >= 0.3 is 6.09 Å². The molecule has 1 aromatic carbocycles. The summed E-state index contributed by atoms with van der Waals surface area (Å²) in [6.45, 7) is 2.43. The molecule has 1 aliphatic rings. The predicted molar refractivity (Wildman–Crippen MR) is 56.1 cm³/mol. The largest absolute Gasteiger partial charge is 0.447 e. The van der Waals surface area contributed by atoms with Crippen LogP contribution in [0, 0.1) is 6.92 Å². The first kappa shape index (κ1) is 9.52. The fraction of sp³-hybridized carbons (Fsp3) is 0.300. The average molecular weight is 256 g/mol. The van der Waals surface area contributed by atoms with Gasteiger partial charge in [0.2, 0.25) is 0 Å². The van der Waals surface area contributed by atoms with Crippen LogP contribution >= 0.6 is 15.9 Å². The molecule has 1 atom stereocenters. The number of benzene rings is 1. The van der Waals surface area contributed by atoms with Crippen LogP contribution in [0.2, 0.25) is 0 Å². The Morgan fingerprint density at radius 3 is 2.93 bits per heavy atom. The Morgan fingerprint density at radius 1 is 1.57 bits per heavy atom. The lowest BCUT2D eigenvalue weighted by atomic mass is 10.1. The maximum Gasteiger partial charge on any atom is 0.407 e. The zero-order valence-corrected chi connectivity index (χ0v) is 9.30. The van der Waals surface area contributed by atoms with Crippen LogP contribution in [0.5, 0.6) is 0 Å². The molecule has 1 saturated heterocycles. The summed E-state index contributed by atoms with van der Waals surface area (Å²) < 4.78 is 5.84. The van der Waals surface area contributed by atoms with E-state index in [1.165, 1.54) is 5.56 Å². The molecule has 0 saturated carbocycles. The lowest BCUT2D eigenvalue weighted by Gasteiger charge is -2.10. The average Bonchev–Trinajstić information content (AvgIpc) is 2.51. The summed E-state index contributed by atoms with van der Waals surface area (Å²) in [6.07, 6.45) is -0.345. The van der Waals surface area contributed by atoms with Crippen molar-refractivity contribution >= 4 is 22.0 Å². The van der Waals surface area contributed by atoms with Gasteiger partial charge in [-0.25, -0.2) is 4.79 Å². The van der Waals surface area contributed by atoms with E-state index in [0.717, 1.165) is 10.0 Å². The van der Waals surface area contributed by atoms with E-state index in [0.29, 0.717) is 6.61 Å². The first-order valence-corrected chi connectivity index (χ1v) is 5.15. The number of ether oxygens (including phenoxy) is 1. The van der Waals surface area contributed by atoms with E-state index in [1.54, 1.807) is 0 Å². The van der Waals surface area contributed by atoms with Crippen molar-refractivity contribution in [1.29, 1.82) is 0 Å². The fourth-order valence-electron chi connectivity index (χ4n) is 1.47. The lowest BCUT2D eigenvalue weighted by molar-refractivity contribution is 0.177. The second-order valence-electron chi connectivity index (χ2n) is 3.32. The fourth-order valence-corrected chi connectivity index (χ4v) is 2.24. The SMILES string of the molecule is Cc1ccc(C2COC(=O)N2)c(Br)c1. The summed E-state index contributed by atoms with van der Waals surface area (Å²) in [5.41, 5.74) is 2.24. The minimum atomic E-state index is -0.345. The van der Waals surface area contributed by atoms with Gasteiger partial charge in [-0.1, -0.05) is 28.1 Å². The minimum Gasteiger partial charge on any atom is -0.447 e. The van der Waals surface area contributed by atoms with Gasteiger partial charge in [-0.05, 0) is 24.1 Å². The number of alkyl carbamates (subject to hydrolysis) is 1. The van der Waals surface area contributed by atoms with E-state index < -0.39 is 0 Å². The molecular formula is C10H10BrNO2. The summed E-state index contributed by atoms with van der Waals surface area (Å²) in [6, 6.07) is 6.01. The number of carbonyl (C=O) groups is 1. The van der Waals surface area contributed by atoms with E-state index in [-0.39, 0.29) is 12.1 Å². The molecule has 1 heterocycles. The second-order valence-corrected chi connectivity index (χ2v) is 4.17. The predicted octanol–water partition coefficient (Wildman–Crippen LogP) is 2.54. The number of hydrogen-bond acceptors (Lipinski definition) is 2. The van der Waals surface area contributed by atoms with Crippen LogP contribution in [0.4, 0.5) is 4.79 Å². The third kappa shape index (κ3) is 1.75. The Morgan fingerprint density at radius 2 is 2.36 bits per heavy atom. The van der Waals surface area contributed by atoms with Gasteiger partial charge in [-0.15, -0.1) is 0 Å². The molecule has 14 heavy (non-hydrogen) atoms. The topological polar surface area (TPSA) is 38.3 Å². The van der Waals surface area contributed by atoms with Gasteiger partial charge in [-0.2, -0.15) is 0 Å². The molecule has 0 spiro atoms. The Kier molecular flexibility index (Phi) is 2.46. The van der Waals surface area contributed by atoms with Gasteiger partial charge < -0.3 is 10.1 Å². The molecule has 1 N–H and O–H groups in total. The molecule has 0 bridgehead atoms. The highest BCUT2D eigenvalue weighted by Gasteiger charge is 2.25. The number of aryl methyl sites for hydroxylation is 1. The molecule has 1 fully saturated rings. The molecule has 1 aromatic rings. The van der Waals surface area contributed by atoms with Crippen molar-refractivity contribution in [3.63, 3.8) is 0 Å². The number of nitrogens with one attached hydrogen (secondary N) is 1. The molecule has 0 aromatic heterocycles. The highest BCUT2D eigenvalue weighted by Crippen LogP contribution is 2.26. The first-order valence-electron chi connectivity index (χ1n) is 4.36. The highest BCUT2D eigenvalue weighted by atomic mass is 79.9. The van der Waals surface area contributed by atoms with Crippen molar-refractivity contribution < 1.29 is 9.53 Å². The smallest absolute Gasteiger partial charge is 0.407 e. The van der Waals surface area contributed by atoms with Crippen molar-refractivity contribution in [2.45, 2.75) is 13.0 Å². The zero-order chi connectivity index (χ0) is 10.1. The number of carbonyl (C=O) groups excluding carboxylic acids is 1. The van der Waals surface area contributed by atoms with Crippen molar-refractivity contribution in [3.8, 4) is 0 Å². The summed E-state index contributed by atoms with van der Waals surface area (Å²) >= 11 is 3.47. The van der Waals surface area contributed by atoms with E-state index >= 15 is 0 Å². The van der Waals surface area contributed by atoms with Crippen LogP contribution in [0.25, 0.3) is 0 Å². The van der Waals surface area contributed by atoms with E-state index in [9.17, 15) is 4.79 Å². The quantitative estimate of drug-likeness (QED) is 0.838. The number of hydrogen-bond donors (Lipinski definition) is 1. The van der Waals surface area contributed by atoms with E-state index in [4.69, 9.17) is 4.74 Å². The molecule has 0 radical (unpaired) electrons. The van der Waals surface area contributed by atoms with Gasteiger partial charge in [0.1, 0.15) is 6.61 Å². The van der Waals surface area contributed by atoms with Crippen molar-refractivity contribution in [2.75, 3.05) is 6.61 Å². The van der Waals surface area contributed by atoms with Crippen molar-refractivity contribution in [3.05, 3.63) is 33.8 Å². The van der Waals surface area contributed by atoms with Crippen LogP contribution in [0.3, 0.4) is 0 Å². The number of cyclic esters (lactones) is 1. The molecule has 74 valence electrons. The molecule has 1 amide bonds. The maximum absolute atomic E-state index is 10.9. The molecule has 1 aliphatic heterocycles. The third-order valence-corrected chi connectivity index (χ3v) is 2.89. The number of rotatable bonds is 1. The second kappa shape index (κ2) is 3.61. The Bertz CT molecular complexity index is 378. The zero-order valence-electron chi connectivity index (χ0n) is 7.71. The third-order valence-electron chi connectivity index (χ3n) is 2.20. The maximum atomic E-state index is 10.9. The Labute approximate surface area is 90.6 Å². The van der Waals surface area contributed by atoms with Crippen molar-refractivity contribution in [1.82, 2.24) is 5.32 Å². The van der Waals surface area contributed by atoms with Crippen LogP contribution < -0.4 is 5.32 Å². The normalized spacial score (nSPS) is 20.4. The van der Waals surface area contributed by atoms with Crippen LogP contribution in [0.15, 0.2) is 22.7 Å². The molecule has 1 unspecified atom stereocenters. The molecule has 3 nitrogen and oxygen atoms in total. The number of amides is 1. The summed E-state index contributed by atoms with van der Waals surface area (Å²) in [5, 5.41) is 2.74. The van der Waals surface area contributed by atoms with E-state index in [2.05, 4.69) is 21.2 Å². The summed E-state index contributed by atoms with van der Waals surface area (Å²) in [7, 11) is 0. The Hall–Kier alpha value is -1.03. The van der Waals surface area contributed by atoms with Gasteiger partial charge in [0.25, 0.3) is 0 Å². The minimum absolute atomic E-state index is 0.0301. The summed E-state index contributed by atoms with van der Waals surface area (Å²) in [4.78, 5) is 10.9. The molecule has 2 rings (SSSR count). The van der Waals surface area contributed by atoms with Crippen LogP contribution in [-0.4, -0.2) is 12.7 Å². The summed E-state index contributed by atoms with van der Waals surface area (Å²) in [5.74, 6) is 0. The van der Waals surface area contributed by atoms with Crippen LogP contribution in [0.1, 0.15) is 17.2 Å². The highest BCUT2D eigenvalue weighted by molar-refractivity contribution is 9.10. The number of halogens is 1. The standard InChI is InChI=1S/C10H10BrNO2/c1-6-2-3-7(8(11)4-6)9-5-14-10(13)12-9/h2-4,9H,5H2,1H3,(H,12,13). The van der Waals surface area contributed by atoms with Gasteiger partial charge in [0, 0.05) is 4.47 Å².